The molecule has 2 N–H and O–H groups in total. The molecular weight excluding hydrogens is 250 g/mol. The Morgan fingerprint density at radius 2 is 2.32 bits per heavy atom. The maximum absolute atomic E-state index is 11.5. The van der Waals surface area contributed by atoms with Gasteiger partial charge in [0.15, 0.2) is 6.10 Å². The molecule has 2 rings (SSSR count). The Hall–Kier alpha value is -2.08. The third-order valence-electron chi connectivity index (χ3n) is 2.97. The maximum atomic E-state index is 11.5. The minimum Gasteiger partial charge on any atom is -0.481 e. The molecule has 0 aliphatic carbocycles. The number of nitrogens with one attached hydrogen (secondary N) is 1. The van der Waals surface area contributed by atoms with E-state index in [1.807, 2.05) is 0 Å². The highest BCUT2D eigenvalue weighted by molar-refractivity contribution is 5.97. The van der Waals surface area contributed by atoms with Crippen LogP contribution >= 0.6 is 0 Å². The van der Waals surface area contributed by atoms with Crippen LogP contribution in [0.2, 0.25) is 0 Å². The molecule has 0 spiro atoms. The molecule has 0 radical (unpaired) electrons. The highest BCUT2D eigenvalue weighted by atomic mass is 16.5. The number of hydrogen-bond acceptors (Lipinski definition) is 4. The first kappa shape index (κ1) is 13.4. The molecule has 19 heavy (non-hydrogen) atoms. The molecule has 0 bridgehead atoms. The van der Waals surface area contributed by atoms with Crippen LogP contribution in [0.3, 0.4) is 0 Å². The second-order valence-corrected chi connectivity index (χ2v) is 4.35. The minimum absolute atomic E-state index is 0.0688. The van der Waals surface area contributed by atoms with Crippen LogP contribution in [-0.2, 0) is 14.3 Å². The largest absolute Gasteiger partial charge is 0.481 e. The number of aliphatic carboxylic acids is 1. The first-order valence-electron chi connectivity index (χ1n) is 5.86. The van der Waals surface area contributed by atoms with E-state index in [4.69, 9.17) is 14.6 Å². The van der Waals surface area contributed by atoms with Gasteiger partial charge in [-0.05, 0) is 24.6 Å². The number of methoxy groups -OCH3 is 1. The molecule has 102 valence electrons. The van der Waals surface area contributed by atoms with E-state index >= 15 is 0 Å². The average molecular weight is 265 g/mol. The number of carbonyl (C=O) groups is 2. The van der Waals surface area contributed by atoms with E-state index in [-0.39, 0.29) is 12.5 Å². The molecule has 2 atom stereocenters. The number of anilines is 1. The van der Waals surface area contributed by atoms with Crippen molar-refractivity contribution in [3.63, 3.8) is 0 Å². The van der Waals surface area contributed by atoms with Crippen LogP contribution in [0.15, 0.2) is 18.2 Å². The highest BCUT2D eigenvalue weighted by Crippen LogP contribution is 2.32. The third kappa shape index (κ3) is 2.68. The van der Waals surface area contributed by atoms with Gasteiger partial charge in [0.05, 0.1) is 12.3 Å². The fraction of sp³-hybridized carbons (Fsp3) is 0.385. The molecule has 6 nitrogen and oxygen atoms in total. The zero-order valence-corrected chi connectivity index (χ0v) is 10.7. The zero-order valence-electron chi connectivity index (χ0n) is 10.7. The number of hydrogen-bond donors (Lipinski definition) is 2. The van der Waals surface area contributed by atoms with Gasteiger partial charge in [0, 0.05) is 7.11 Å². The second kappa shape index (κ2) is 5.27. The van der Waals surface area contributed by atoms with Crippen LogP contribution in [0.25, 0.3) is 0 Å². The van der Waals surface area contributed by atoms with Crippen molar-refractivity contribution in [2.24, 2.45) is 0 Å². The van der Waals surface area contributed by atoms with Gasteiger partial charge < -0.3 is 19.9 Å². The number of benzene rings is 1. The van der Waals surface area contributed by atoms with E-state index in [9.17, 15) is 9.59 Å². The van der Waals surface area contributed by atoms with E-state index in [2.05, 4.69) is 5.32 Å². The number of ether oxygens (including phenoxy) is 2. The molecule has 1 heterocycles. The molecule has 0 fully saturated rings. The Kier molecular flexibility index (Phi) is 3.71. The standard InChI is InChI=1S/C13H15NO5/c1-7-12(15)14-10-5-8(3-4-11(10)19-7)9(6-18-2)13(16)17/h3-5,7,9H,6H2,1-2H3,(H,14,15)(H,16,17). The normalized spacial score (nSPS) is 19.1. The summed E-state index contributed by atoms with van der Waals surface area (Å²) in [6, 6.07) is 4.93. The van der Waals surface area contributed by atoms with Crippen LogP contribution in [-0.4, -0.2) is 36.8 Å². The van der Waals surface area contributed by atoms with E-state index in [0.29, 0.717) is 17.0 Å². The molecule has 0 saturated carbocycles. The highest BCUT2D eigenvalue weighted by Gasteiger charge is 2.26. The first-order valence-corrected chi connectivity index (χ1v) is 5.86. The van der Waals surface area contributed by atoms with Gasteiger partial charge in [-0.2, -0.15) is 0 Å². The summed E-state index contributed by atoms with van der Waals surface area (Å²) in [4.78, 5) is 22.7. The van der Waals surface area contributed by atoms with E-state index < -0.39 is 18.0 Å². The molecule has 1 aromatic carbocycles. The van der Waals surface area contributed by atoms with E-state index in [0.717, 1.165) is 0 Å². The number of carboxylic acids is 1. The van der Waals surface area contributed by atoms with Gasteiger partial charge in [0.25, 0.3) is 5.91 Å². The molecule has 0 saturated heterocycles. The quantitative estimate of drug-likeness (QED) is 0.855. The first-order chi connectivity index (χ1) is 9.02. The predicted molar refractivity (Wildman–Crippen MR) is 67.4 cm³/mol. The summed E-state index contributed by atoms with van der Waals surface area (Å²) in [5.74, 6) is -1.45. The summed E-state index contributed by atoms with van der Waals surface area (Å²) in [7, 11) is 1.45. The van der Waals surface area contributed by atoms with Crippen molar-refractivity contribution in [3.05, 3.63) is 23.8 Å². The van der Waals surface area contributed by atoms with Gasteiger partial charge in [0.1, 0.15) is 11.7 Å². The van der Waals surface area contributed by atoms with E-state index in [1.165, 1.54) is 7.11 Å². The van der Waals surface area contributed by atoms with Gasteiger partial charge in [-0.1, -0.05) is 6.07 Å². The van der Waals surface area contributed by atoms with E-state index in [1.54, 1.807) is 25.1 Å². The second-order valence-electron chi connectivity index (χ2n) is 4.35. The van der Waals surface area contributed by atoms with Gasteiger partial charge in [0.2, 0.25) is 0 Å². The molecule has 0 aromatic heterocycles. The monoisotopic (exact) mass is 265 g/mol. The number of fused-ring (bicyclic) bond motifs is 1. The molecular formula is C13H15NO5. The van der Waals surface area contributed by atoms with Crippen LogP contribution in [0, 0.1) is 0 Å². The lowest BCUT2D eigenvalue weighted by atomic mass is 9.99. The van der Waals surface area contributed by atoms with Gasteiger partial charge >= 0.3 is 5.97 Å². The third-order valence-corrected chi connectivity index (χ3v) is 2.97. The zero-order chi connectivity index (χ0) is 14.0. The number of amides is 1. The lowest BCUT2D eigenvalue weighted by Gasteiger charge is -2.24. The van der Waals surface area contributed by atoms with Crippen LogP contribution in [0.5, 0.6) is 5.75 Å². The molecule has 1 aliphatic heterocycles. The Morgan fingerprint density at radius 3 is 2.95 bits per heavy atom. The fourth-order valence-corrected chi connectivity index (χ4v) is 1.92. The Bertz CT molecular complexity index is 514. The lowest BCUT2D eigenvalue weighted by Crippen LogP contribution is -2.34. The summed E-state index contributed by atoms with van der Waals surface area (Å²) >= 11 is 0. The van der Waals surface area contributed by atoms with Gasteiger partial charge in [-0.15, -0.1) is 0 Å². The van der Waals surface area contributed by atoms with Crippen molar-refractivity contribution < 1.29 is 24.2 Å². The Morgan fingerprint density at radius 1 is 1.58 bits per heavy atom. The van der Waals surface area contributed by atoms with Crippen molar-refractivity contribution in [1.82, 2.24) is 0 Å². The summed E-state index contributed by atoms with van der Waals surface area (Å²) < 4.78 is 10.3. The van der Waals surface area contributed by atoms with Crippen molar-refractivity contribution in [2.75, 3.05) is 19.0 Å². The average Bonchev–Trinajstić information content (AvgIpc) is 2.36. The van der Waals surface area contributed by atoms with Gasteiger partial charge in [-0.3, -0.25) is 9.59 Å². The summed E-state index contributed by atoms with van der Waals surface area (Å²) in [6.45, 7) is 1.72. The van der Waals surface area contributed by atoms with Crippen LogP contribution in [0.1, 0.15) is 18.4 Å². The van der Waals surface area contributed by atoms with Crippen LogP contribution in [0.4, 0.5) is 5.69 Å². The molecule has 1 aromatic rings. The van der Waals surface area contributed by atoms with Crippen molar-refractivity contribution in [3.8, 4) is 5.75 Å². The Labute approximate surface area is 110 Å². The molecule has 2 unspecified atom stereocenters. The predicted octanol–water partition coefficient (Wildman–Crippen LogP) is 1.22. The smallest absolute Gasteiger partial charge is 0.313 e. The number of rotatable bonds is 4. The molecule has 1 amide bonds. The molecule has 6 heteroatoms. The summed E-state index contributed by atoms with van der Waals surface area (Å²) in [5.41, 5.74) is 1.05. The summed E-state index contributed by atoms with van der Waals surface area (Å²) in [5, 5.41) is 11.8. The van der Waals surface area contributed by atoms with Crippen molar-refractivity contribution in [1.29, 1.82) is 0 Å². The summed E-state index contributed by atoms with van der Waals surface area (Å²) in [6.07, 6.45) is -0.549. The number of carbonyl (C=O) groups excluding carboxylic acids is 1. The van der Waals surface area contributed by atoms with Crippen molar-refractivity contribution in [2.45, 2.75) is 18.9 Å². The number of carboxylic acid groups (broad SMARTS) is 1. The maximum Gasteiger partial charge on any atom is 0.313 e. The topological polar surface area (TPSA) is 84.9 Å². The molecule has 1 aliphatic rings. The Balaban J connectivity index is 2.32. The van der Waals surface area contributed by atoms with Crippen molar-refractivity contribution >= 4 is 17.6 Å². The fourth-order valence-electron chi connectivity index (χ4n) is 1.92. The lowest BCUT2D eigenvalue weighted by molar-refractivity contribution is -0.140. The van der Waals surface area contributed by atoms with Crippen LogP contribution < -0.4 is 10.1 Å². The minimum atomic E-state index is -0.974. The van der Waals surface area contributed by atoms with Gasteiger partial charge in [-0.25, -0.2) is 0 Å². The SMILES string of the molecule is COCC(C(=O)O)c1ccc2c(c1)NC(=O)C(C)O2.